The second-order valence-electron chi connectivity index (χ2n) is 3.13. The lowest BCUT2D eigenvalue weighted by Gasteiger charge is -2.16. The third-order valence-corrected chi connectivity index (χ3v) is 2.70. The lowest BCUT2D eigenvalue weighted by molar-refractivity contribution is -0.117. The van der Waals surface area contributed by atoms with Crippen LogP contribution in [0.25, 0.3) is 0 Å². The number of carbonyl (C=O) groups excluding carboxylic acids is 1. The molecule has 1 unspecified atom stereocenters. The number of alkyl halides is 1. The summed E-state index contributed by atoms with van der Waals surface area (Å²) in [7, 11) is 0. The minimum absolute atomic E-state index is 0.0121. The highest BCUT2D eigenvalue weighted by molar-refractivity contribution is 6.34. The molecule has 0 aliphatic carbocycles. The third kappa shape index (κ3) is 1.70. The number of pyridine rings is 1. The minimum atomic E-state index is -0.119. The first kappa shape index (κ1) is 9.74. The molecule has 0 aromatic carbocycles. The maximum Gasteiger partial charge on any atom is 0.228 e. The van der Waals surface area contributed by atoms with E-state index in [1.807, 2.05) is 0 Å². The number of nitrogens with zero attached hydrogens (tertiary/aromatic N) is 2. The summed E-state index contributed by atoms with van der Waals surface area (Å²) in [4.78, 5) is 17.0. The number of aromatic nitrogens is 1. The van der Waals surface area contributed by atoms with Crippen molar-refractivity contribution in [2.75, 3.05) is 11.4 Å². The maximum absolute atomic E-state index is 11.5. The minimum Gasteiger partial charge on any atom is -0.309 e. The summed E-state index contributed by atoms with van der Waals surface area (Å²) in [6, 6.07) is 1.72. The first-order valence-electron chi connectivity index (χ1n) is 4.22. The fraction of sp³-hybridized carbons (Fsp3) is 0.333. The van der Waals surface area contributed by atoms with E-state index in [9.17, 15) is 4.79 Å². The van der Waals surface area contributed by atoms with Crippen molar-refractivity contribution in [1.29, 1.82) is 0 Å². The van der Waals surface area contributed by atoms with Crippen LogP contribution in [0.15, 0.2) is 18.5 Å². The van der Waals surface area contributed by atoms with Crippen LogP contribution in [-0.2, 0) is 4.79 Å². The SMILES string of the molecule is O=C1CC(Cl)CN1c1ccncc1Cl. The molecule has 1 aliphatic heterocycles. The topological polar surface area (TPSA) is 33.2 Å². The van der Waals surface area contributed by atoms with Gasteiger partial charge < -0.3 is 4.90 Å². The number of anilines is 1. The first-order chi connectivity index (χ1) is 6.68. The molecule has 1 aromatic rings. The Morgan fingerprint density at radius 2 is 2.36 bits per heavy atom. The Labute approximate surface area is 91.6 Å². The number of rotatable bonds is 1. The Bertz CT molecular complexity index is 370. The van der Waals surface area contributed by atoms with Crippen molar-refractivity contribution in [3.05, 3.63) is 23.5 Å². The molecule has 3 nitrogen and oxygen atoms in total. The molecule has 0 spiro atoms. The Kier molecular flexibility index (Phi) is 2.61. The summed E-state index contributed by atoms with van der Waals surface area (Å²) in [5.74, 6) is 0.0121. The van der Waals surface area contributed by atoms with Crippen molar-refractivity contribution in [2.24, 2.45) is 0 Å². The fourth-order valence-corrected chi connectivity index (χ4v) is 1.97. The van der Waals surface area contributed by atoms with Gasteiger partial charge in [0.2, 0.25) is 5.91 Å². The largest absolute Gasteiger partial charge is 0.309 e. The maximum atomic E-state index is 11.5. The van der Waals surface area contributed by atoms with Crippen LogP contribution in [-0.4, -0.2) is 22.8 Å². The van der Waals surface area contributed by atoms with Crippen LogP contribution in [0.5, 0.6) is 0 Å². The van der Waals surface area contributed by atoms with Gasteiger partial charge in [-0.15, -0.1) is 11.6 Å². The average Bonchev–Trinajstić information content (AvgIpc) is 2.46. The van der Waals surface area contributed by atoms with E-state index in [4.69, 9.17) is 23.2 Å². The Balaban J connectivity index is 2.32. The van der Waals surface area contributed by atoms with Crippen molar-refractivity contribution >= 4 is 34.8 Å². The van der Waals surface area contributed by atoms with Gasteiger partial charge in [0.15, 0.2) is 0 Å². The van der Waals surface area contributed by atoms with Crippen LogP contribution in [0.2, 0.25) is 5.02 Å². The standard InChI is InChI=1S/C9H8Cl2N2O/c10-6-3-9(14)13(5-6)8-1-2-12-4-7(8)11/h1-2,4,6H,3,5H2. The first-order valence-corrected chi connectivity index (χ1v) is 5.04. The number of halogens is 2. The molecule has 74 valence electrons. The Morgan fingerprint density at radius 3 is 2.93 bits per heavy atom. The summed E-state index contributed by atoms with van der Waals surface area (Å²) in [6.45, 7) is 0.518. The molecule has 0 N–H and O–H groups in total. The van der Waals surface area contributed by atoms with Crippen LogP contribution in [0.4, 0.5) is 5.69 Å². The van der Waals surface area contributed by atoms with E-state index in [0.717, 1.165) is 0 Å². The van der Waals surface area contributed by atoms with Gasteiger partial charge in [-0.3, -0.25) is 9.78 Å². The van der Waals surface area contributed by atoms with Crippen molar-refractivity contribution < 1.29 is 4.79 Å². The van der Waals surface area contributed by atoms with E-state index < -0.39 is 0 Å². The molecule has 1 atom stereocenters. The molecule has 1 saturated heterocycles. The highest BCUT2D eigenvalue weighted by Crippen LogP contribution is 2.29. The fourth-order valence-electron chi connectivity index (χ4n) is 1.48. The normalized spacial score (nSPS) is 21.7. The van der Waals surface area contributed by atoms with Crippen LogP contribution in [0, 0.1) is 0 Å². The molecule has 0 saturated carbocycles. The summed E-state index contributed by atoms with van der Waals surface area (Å²) in [6.07, 6.45) is 3.50. The number of hydrogen-bond donors (Lipinski definition) is 0. The molecule has 2 heterocycles. The summed E-state index contributed by atoms with van der Waals surface area (Å²) in [5.41, 5.74) is 0.690. The molecular weight excluding hydrogens is 223 g/mol. The average molecular weight is 231 g/mol. The number of amides is 1. The molecule has 1 aliphatic rings. The molecule has 1 amide bonds. The summed E-state index contributed by atoms with van der Waals surface area (Å²) >= 11 is 11.8. The zero-order valence-electron chi connectivity index (χ0n) is 7.28. The molecular formula is C9H8Cl2N2O. The van der Waals surface area contributed by atoms with Crippen LogP contribution in [0.3, 0.4) is 0 Å². The monoisotopic (exact) mass is 230 g/mol. The molecule has 14 heavy (non-hydrogen) atoms. The quantitative estimate of drug-likeness (QED) is 0.693. The molecule has 2 rings (SSSR count). The number of carbonyl (C=O) groups is 1. The smallest absolute Gasteiger partial charge is 0.228 e. The molecule has 0 bridgehead atoms. The lowest BCUT2D eigenvalue weighted by Crippen LogP contribution is -2.24. The second-order valence-corrected chi connectivity index (χ2v) is 4.16. The van der Waals surface area contributed by atoms with Crippen molar-refractivity contribution in [3.63, 3.8) is 0 Å². The Hall–Kier alpha value is -0.800. The van der Waals surface area contributed by atoms with E-state index in [2.05, 4.69) is 4.98 Å². The van der Waals surface area contributed by atoms with Crippen LogP contribution < -0.4 is 4.90 Å². The van der Waals surface area contributed by atoms with Gasteiger partial charge in [-0.1, -0.05) is 11.6 Å². The highest BCUT2D eigenvalue weighted by Gasteiger charge is 2.30. The lowest BCUT2D eigenvalue weighted by atomic mass is 10.3. The van der Waals surface area contributed by atoms with Gasteiger partial charge in [-0.25, -0.2) is 0 Å². The molecule has 5 heteroatoms. The van der Waals surface area contributed by atoms with Gasteiger partial charge in [0.1, 0.15) is 0 Å². The van der Waals surface area contributed by atoms with E-state index in [-0.39, 0.29) is 11.3 Å². The van der Waals surface area contributed by atoms with Crippen molar-refractivity contribution in [2.45, 2.75) is 11.8 Å². The predicted octanol–water partition coefficient (Wildman–Crippen LogP) is 2.08. The third-order valence-electron chi connectivity index (χ3n) is 2.12. The predicted molar refractivity (Wildman–Crippen MR) is 55.9 cm³/mol. The van der Waals surface area contributed by atoms with Gasteiger partial charge in [0.25, 0.3) is 0 Å². The van der Waals surface area contributed by atoms with E-state index >= 15 is 0 Å². The van der Waals surface area contributed by atoms with Gasteiger partial charge in [-0.2, -0.15) is 0 Å². The summed E-state index contributed by atoms with van der Waals surface area (Å²) in [5, 5.41) is 0.360. The molecule has 0 radical (unpaired) electrons. The van der Waals surface area contributed by atoms with Gasteiger partial charge in [-0.05, 0) is 6.07 Å². The van der Waals surface area contributed by atoms with Gasteiger partial charge >= 0.3 is 0 Å². The zero-order valence-corrected chi connectivity index (χ0v) is 8.79. The van der Waals surface area contributed by atoms with Crippen molar-refractivity contribution in [1.82, 2.24) is 4.98 Å². The molecule has 1 aromatic heterocycles. The second kappa shape index (κ2) is 3.75. The van der Waals surface area contributed by atoms with Crippen LogP contribution in [0.1, 0.15) is 6.42 Å². The number of hydrogen-bond acceptors (Lipinski definition) is 2. The summed E-state index contributed by atoms with van der Waals surface area (Å²) < 4.78 is 0. The van der Waals surface area contributed by atoms with E-state index in [1.54, 1.807) is 17.2 Å². The van der Waals surface area contributed by atoms with Gasteiger partial charge in [0, 0.05) is 25.4 Å². The van der Waals surface area contributed by atoms with Crippen LogP contribution >= 0.6 is 23.2 Å². The zero-order chi connectivity index (χ0) is 10.1. The van der Waals surface area contributed by atoms with E-state index in [0.29, 0.717) is 23.7 Å². The van der Waals surface area contributed by atoms with E-state index in [1.165, 1.54) is 6.20 Å². The van der Waals surface area contributed by atoms with Crippen molar-refractivity contribution in [3.8, 4) is 0 Å². The molecule has 1 fully saturated rings. The van der Waals surface area contributed by atoms with Gasteiger partial charge in [0.05, 0.1) is 16.1 Å². The Morgan fingerprint density at radius 1 is 1.57 bits per heavy atom. The highest BCUT2D eigenvalue weighted by atomic mass is 35.5.